The minimum atomic E-state index is -2.54. The van der Waals surface area contributed by atoms with E-state index in [4.69, 9.17) is 5.73 Å². The molecule has 2 aromatic carbocycles. The van der Waals surface area contributed by atoms with Crippen LogP contribution in [0.15, 0.2) is 46.9 Å². The van der Waals surface area contributed by atoms with Crippen molar-refractivity contribution in [2.24, 2.45) is 0 Å². The van der Waals surface area contributed by atoms with Crippen LogP contribution in [0.2, 0.25) is 0 Å². The lowest BCUT2D eigenvalue weighted by Crippen LogP contribution is -2.18. The van der Waals surface area contributed by atoms with Crippen molar-refractivity contribution in [2.45, 2.75) is 13.0 Å². The van der Waals surface area contributed by atoms with Gasteiger partial charge in [0, 0.05) is 35.0 Å². The van der Waals surface area contributed by atoms with Gasteiger partial charge in [-0.1, -0.05) is 28.1 Å². The summed E-state index contributed by atoms with van der Waals surface area (Å²) in [5.74, 6) is 0. The van der Waals surface area contributed by atoms with E-state index in [1.807, 2.05) is 24.3 Å². The Morgan fingerprint density at radius 3 is 2.40 bits per heavy atom. The summed E-state index contributed by atoms with van der Waals surface area (Å²) in [6.07, 6.45) is -2.54. The number of benzene rings is 2. The highest BCUT2D eigenvalue weighted by Gasteiger charge is 2.16. The molecule has 0 atom stereocenters. The number of nitrogens with two attached hydrogens (primary N) is 1. The molecular weight excluding hydrogens is 326 g/mol. The average Bonchev–Trinajstić information content (AvgIpc) is 2.41. The number of alkyl halides is 2. The minimum absolute atomic E-state index is 0.0374. The molecule has 0 heterocycles. The fraction of sp³-hybridized carbons (Fsp3) is 0.200. The van der Waals surface area contributed by atoms with Gasteiger partial charge < -0.3 is 10.6 Å². The van der Waals surface area contributed by atoms with Gasteiger partial charge in [-0.05, 0) is 35.9 Å². The second-order valence-electron chi connectivity index (χ2n) is 4.60. The predicted molar refractivity (Wildman–Crippen MR) is 82.1 cm³/mol. The fourth-order valence-electron chi connectivity index (χ4n) is 2.04. The maximum Gasteiger partial charge on any atom is 0.265 e. The molecule has 2 rings (SSSR count). The molecule has 5 heteroatoms. The lowest BCUT2D eigenvalue weighted by Gasteiger charge is -2.23. The Morgan fingerprint density at radius 1 is 1.15 bits per heavy atom. The summed E-state index contributed by atoms with van der Waals surface area (Å²) in [7, 11) is 1.79. The van der Waals surface area contributed by atoms with E-state index >= 15 is 0 Å². The van der Waals surface area contributed by atoms with Crippen molar-refractivity contribution in [1.82, 2.24) is 0 Å². The molecule has 0 bridgehead atoms. The topological polar surface area (TPSA) is 29.3 Å². The number of halogens is 3. The molecule has 0 fully saturated rings. The Kier molecular flexibility index (Phi) is 4.60. The van der Waals surface area contributed by atoms with E-state index in [0.29, 0.717) is 17.9 Å². The van der Waals surface area contributed by atoms with Crippen LogP contribution in [0.4, 0.5) is 20.2 Å². The van der Waals surface area contributed by atoms with Crippen molar-refractivity contribution in [3.63, 3.8) is 0 Å². The number of rotatable bonds is 4. The molecule has 0 unspecified atom stereocenters. The number of nitrogen functional groups attached to an aromatic ring is 1. The number of anilines is 2. The van der Waals surface area contributed by atoms with Crippen molar-refractivity contribution in [3.05, 3.63) is 58.1 Å². The minimum Gasteiger partial charge on any atom is -0.399 e. The van der Waals surface area contributed by atoms with E-state index < -0.39 is 6.43 Å². The van der Waals surface area contributed by atoms with Crippen LogP contribution in [0.5, 0.6) is 0 Å². The summed E-state index contributed by atoms with van der Waals surface area (Å²) in [4.78, 5) is 1.80. The first-order chi connectivity index (χ1) is 9.47. The van der Waals surface area contributed by atoms with Crippen LogP contribution in [-0.2, 0) is 6.54 Å². The second kappa shape index (κ2) is 6.22. The van der Waals surface area contributed by atoms with Crippen LogP contribution in [0.1, 0.15) is 17.6 Å². The van der Waals surface area contributed by atoms with Crippen LogP contribution >= 0.6 is 15.9 Å². The Morgan fingerprint density at radius 2 is 1.80 bits per heavy atom. The quantitative estimate of drug-likeness (QED) is 0.823. The molecule has 0 saturated heterocycles. The molecule has 0 radical (unpaired) electrons. The smallest absolute Gasteiger partial charge is 0.265 e. The van der Waals surface area contributed by atoms with E-state index in [9.17, 15) is 8.78 Å². The highest BCUT2D eigenvalue weighted by Crippen LogP contribution is 2.31. The van der Waals surface area contributed by atoms with E-state index in [-0.39, 0.29) is 5.56 Å². The SMILES string of the molecule is CN(Cc1ccc(Br)cc1)c1ccc(N)cc1C(F)F. The van der Waals surface area contributed by atoms with Crippen LogP contribution in [0.25, 0.3) is 0 Å². The maximum atomic E-state index is 13.1. The monoisotopic (exact) mass is 340 g/mol. The summed E-state index contributed by atoms with van der Waals surface area (Å²) in [6, 6.07) is 12.4. The Balaban J connectivity index is 2.24. The van der Waals surface area contributed by atoms with Gasteiger partial charge in [0.25, 0.3) is 6.43 Å². The van der Waals surface area contributed by atoms with E-state index in [1.54, 1.807) is 24.1 Å². The molecule has 0 aliphatic carbocycles. The molecule has 0 saturated carbocycles. The Labute approximate surface area is 125 Å². The standard InChI is InChI=1S/C15H15BrF2N2/c1-20(9-10-2-4-11(16)5-3-10)14-7-6-12(19)8-13(14)15(17)18/h2-8,15H,9,19H2,1H3. The molecule has 0 aliphatic rings. The predicted octanol–water partition coefficient (Wildman–Crippen LogP) is 4.61. The van der Waals surface area contributed by atoms with Gasteiger partial charge >= 0.3 is 0 Å². The van der Waals surface area contributed by atoms with Crippen LogP contribution in [0, 0.1) is 0 Å². The molecule has 2 aromatic rings. The van der Waals surface area contributed by atoms with Gasteiger partial charge in [0.05, 0.1) is 0 Å². The lowest BCUT2D eigenvalue weighted by molar-refractivity contribution is 0.152. The number of hydrogen-bond acceptors (Lipinski definition) is 2. The Bertz CT molecular complexity index is 585. The van der Waals surface area contributed by atoms with Crippen LogP contribution in [0.3, 0.4) is 0 Å². The van der Waals surface area contributed by atoms with Crippen LogP contribution < -0.4 is 10.6 Å². The summed E-state index contributed by atoms with van der Waals surface area (Å²) < 4.78 is 27.1. The summed E-state index contributed by atoms with van der Waals surface area (Å²) in [5, 5.41) is 0. The second-order valence-corrected chi connectivity index (χ2v) is 5.52. The van der Waals surface area contributed by atoms with E-state index in [1.165, 1.54) is 6.07 Å². The zero-order valence-electron chi connectivity index (χ0n) is 11.0. The van der Waals surface area contributed by atoms with Crippen molar-refractivity contribution in [1.29, 1.82) is 0 Å². The van der Waals surface area contributed by atoms with E-state index in [0.717, 1.165) is 10.0 Å². The summed E-state index contributed by atoms with van der Waals surface area (Å²) in [6.45, 7) is 0.552. The van der Waals surface area contributed by atoms with Gasteiger partial charge in [0.15, 0.2) is 0 Å². The highest BCUT2D eigenvalue weighted by molar-refractivity contribution is 9.10. The first-order valence-corrected chi connectivity index (χ1v) is 6.90. The molecule has 2 N–H and O–H groups in total. The van der Waals surface area contributed by atoms with Gasteiger partial charge in [-0.3, -0.25) is 0 Å². The molecule has 2 nitrogen and oxygen atoms in total. The van der Waals surface area contributed by atoms with Gasteiger partial charge in [0.1, 0.15) is 0 Å². The van der Waals surface area contributed by atoms with Gasteiger partial charge in [-0.15, -0.1) is 0 Å². The van der Waals surface area contributed by atoms with Gasteiger partial charge in [-0.2, -0.15) is 0 Å². The molecular formula is C15H15BrF2N2. The summed E-state index contributed by atoms with van der Waals surface area (Å²) in [5.41, 5.74) is 7.43. The van der Waals surface area contributed by atoms with Crippen molar-refractivity contribution < 1.29 is 8.78 Å². The maximum absolute atomic E-state index is 13.1. The van der Waals surface area contributed by atoms with Gasteiger partial charge in [-0.25, -0.2) is 8.78 Å². The third-order valence-electron chi connectivity index (χ3n) is 3.03. The Hall–Kier alpha value is -1.62. The number of nitrogens with zero attached hydrogens (tertiary/aromatic N) is 1. The van der Waals surface area contributed by atoms with Crippen LogP contribution in [-0.4, -0.2) is 7.05 Å². The molecule has 0 aromatic heterocycles. The number of hydrogen-bond donors (Lipinski definition) is 1. The lowest BCUT2D eigenvalue weighted by atomic mass is 10.1. The summed E-state index contributed by atoms with van der Waals surface area (Å²) >= 11 is 3.37. The fourth-order valence-corrected chi connectivity index (χ4v) is 2.31. The molecule has 106 valence electrons. The average molecular weight is 341 g/mol. The van der Waals surface area contributed by atoms with Crippen molar-refractivity contribution in [2.75, 3.05) is 17.7 Å². The first kappa shape index (κ1) is 14.8. The first-order valence-electron chi connectivity index (χ1n) is 6.10. The van der Waals surface area contributed by atoms with E-state index in [2.05, 4.69) is 15.9 Å². The normalized spacial score (nSPS) is 10.8. The molecule has 0 amide bonds. The molecule has 0 aliphatic heterocycles. The van der Waals surface area contributed by atoms with Crippen molar-refractivity contribution in [3.8, 4) is 0 Å². The molecule has 0 spiro atoms. The zero-order chi connectivity index (χ0) is 14.7. The molecule has 20 heavy (non-hydrogen) atoms. The van der Waals surface area contributed by atoms with Gasteiger partial charge in [0.2, 0.25) is 0 Å². The third-order valence-corrected chi connectivity index (χ3v) is 3.56. The zero-order valence-corrected chi connectivity index (χ0v) is 12.6. The van der Waals surface area contributed by atoms with Crippen molar-refractivity contribution >= 4 is 27.3 Å². The third kappa shape index (κ3) is 3.48. The highest BCUT2D eigenvalue weighted by atomic mass is 79.9. The largest absolute Gasteiger partial charge is 0.399 e.